The Hall–Kier alpha value is -0.0800. The van der Waals surface area contributed by atoms with Gasteiger partial charge in [0.25, 0.3) is 0 Å². The van der Waals surface area contributed by atoms with Gasteiger partial charge in [-0.1, -0.05) is 26.7 Å². The van der Waals surface area contributed by atoms with E-state index in [4.69, 9.17) is 0 Å². The van der Waals surface area contributed by atoms with Gasteiger partial charge >= 0.3 is 0 Å². The Morgan fingerprint density at radius 1 is 1.11 bits per heavy atom. The standard InChI is InChI=1S/C17H34N2/c1-5-6-14-7-8-17(18-3)16(10-14)12-19(4)11-15-9-13(15)2/h13-18H,5-12H2,1-4H3. The second-order valence-electron chi connectivity index (χ2n) is 7.32. The lowest BCUT2D eigenvalue weighted by Crippen LogP contribution is -2.44. The summed E-state index contributed by atoms with van der Waals surface area (Å²) in [6.07, 6.45) is 8.54. The van der Waals surface area contributed by atoms with Gasteiger partial charge < -0.3 is 10.2 Å². The predicted octanol–water partition coefficient (Wildman–Crippen LogP) is 3.38. The van der Waals surface area contributed by atoms with Crippen molar-refractivity contribution in [3.05, 3.63) is 0 Å². The first-order valence-corrected chi connectivity index (χ1v) is 8.49. The van der Waals surface area contributed by atoms with Crippen LogP contribution in [0.15, 0.2) is 0 Å². The molecule has 0 spiro atoms. The number of hydrogen-bond donors (Lipinski definition) is 1. The van der Waals surface area contributed by atoms with Crippen LogP contribution in [0.5, 0.6) is 0 Å². The van der Waals surface area contributed by atoms with Crippen molar-refractivity contribution in [3.63, 3.8) is 0 Å². The van der Waals surface area contributed by atoms with Crippen molar-refractivity contribution in [2.75, 3.05) is 27.2 Å². The maximum Gasteiger partial charge on any atom is 0.0105 e. The van der Waals surface area contributed by atoms with Crippen molar-refractivity contribution in [2.45, 2.75) is 58.4 Å². The van der Waals surface area contributed by atoms with Crippen LogP contribution < -0.4 is 5.32 Å². The van der Waals surface area contributed by atoms with Crippen molar-refractivity contribution in [2.24, 2.45) is 23.7 Å². The minimum Gasteiger partial charge on any atom is -0.317 e. The number of nitrogens with zero attached hydrogens (tertiary/aromatic N) is 1. The quantitative estimate of drug-likeness (QED) is 0.760. The summed E-state index contributed by atoms with van der Waals surface area (Å²) in [4.78, 5) is 2.61. The van der Waals surface area contributed by atoms with Crippen LogP contribution in [0.2, 0.25) is 0 Å². The molecule has 0 amide bonds. The molecule has 0 saturated heterocycles. The average Bonchev–Trinajstić information content (AvgIpc) is 3.05. The molecule has 5 atom stereocenters. The van der Waals surface area contributed by atoms with Gasteiger partial charge in [-0.05, 0) is 63.5 Å². The van der Waals surface area contributed by atoms with Crippen molar-refractivity contribution >= 4 is 0 Å². The van der Waals surface area contributed by atoms with Crippen molar-refractivity contribution in [3.8, 4) is 0 Å². The molecule has 0 aromatic heterocycles. The van der Waals surface area contributed by atoms with E-state index in [2.05, 4.69) is 38.2 Å². The summed E-state index contributed by atoms with van der Waals surface area (Å²) in [5.74, 6) is 3.84. The first-order chi connectivity index (χ1) is 9.13. The van der Waals surface area contributed by atoms with E-state index in [0.717, 1.165) is 29.7 Å². The minimum atomic E-state index is 0.757. The lowest BCUT2D eigenvalue weighted by molar-refractivity contribution is 0.150. The molecule has 2 aliphatic carbocycles. The van der Waals surface area contributed by atoms with Gasteiger partial charge in [-0.3, -0.25) is 0 Å². The molecule has 2 rings (SSSR count). The number of hydrogen-bond acceptors (Lipinski definition) is 2. The summed E-state index contributed by atoms with van der Waals surface area (Å²) in [6, 6.07) is 0.757. The molecular weight excluding hydrogens is 232 g/mol. The third-order valence-corrected chi connectivity index (χ3v) is 5.53. The lowest BCUT2D eigenvalue weighted by Gasteiger charge is -2.38. The molecule has 0 heterocycles. The fourth-order valence-corrected chi connectivity index (χ4v) is 4.14. The van der Waals surface area contributed by atoms with Crippen LogP contribution >= 0.6 is 0 Å². The molecule has 0 aromatic carbocycles. The highest BCUT2D eigenvalue weighted by atomic mass is 15.1. The topological polar surface area (TPSA) is 15.3 Å². The Kier molecular flexibility index (Phi) is 5.70. The maximum atomic E-state index is 3.57. The van der Waals surface area contributed by atoms with Crippen LogP contribution in [0.4, 0.5) is 0 Å². The van der Waals surface area contributed by atoms with E-state index in [-0.39, 0.29) is 0 Å². The third-order valence-electron chi connectivity index (χ3n) is 5.53. The van der Waals surface area contributed by atoms with E-state index in [1.165, 1.54) is 51.6 Å². The maximum absolute atomic E-state index is 3.57. The van der Waals surface area contributed by atoms with Crippen LogP contribution in [0.3, 0.4) is 0 Å². The van der Waals surface area contributed by atoms with Gasteiger partial charge in [-0.15, -0.1) is 0 Å². The molecule has 2 nitrogen and oxygen atoms in total. The largest absolute Gasteiger partial charge is 0.317 e. The Labute approximate surface area is 120 Å². The van der Waals surface area contributed by atoms with E-state index in [1.807, 2.05) is 0 Å². The molecule has 0 aliphatic heterocycles. The van der Waals surface area contributed by atoms with Gasteiger partial charge in [-0.2, -0.15) is 0 Å². The van der Waals surface area contributed by atoms with E-state index < -0.39 is 0 Å². The molecule has 2 aliphatic rings. The van der Waals surface area contributed by atoms with Crippen LogP contribution in [0.1, 0.15) is 52.4 Å². The molecule has 2 heteroatoms. The second kappa shape index (κ2) is 7.08. The summed E-state index contributed by atoms with van der Waals surface area (Å²) in [6.45, 7) is 7.36. The zero-order valence-corrected chi connectivity index (χ0v) is 13.5. The molecule has 1 N–H and O–H groups in total. The Morgan fingerprint density at radius 2 is 1.79 bits per heavy atom. The van der Waals surface area contributed by atoms with E-state index in [1.54, 1.807) is 0 Å². The first-order valence-electron chi connectivity index (χ1n) is 8.49. The second-order valence-corrected chi connectivity index (χ2v) is 7.32. The van der Waals surface area contributed by atoms with Crippen LogP contribution in [-0.4, -0.2) is 38.1 Å². The smallest absolute Gasteiger partial charge is 0.0105 e. The van der Waals surface area contributed by atoms with Crippen molar-refractivity contribution in [1.29, 1.82) is 0 Å². The van der Waals surface area contributed by atoms with Crippen LogP contribution in [0, 0.1) is 23.7 Å². The van der Waals surface area contributed by atoms with Gasteiger partial charge in [0.05, 0.1) is 0 Å². The molecule has 19 heavy (non-hydrogen) atoms. The van der Waals surface area contributed by atoms with Gasteiger partial charge in [-0.25, -0.2) is 0 Å². The summed E-state index contributed by atoms with van der Waals surface area (Å²) >= 11 is 0. The highest BCUT2D eigenvalue weighted by Crippen LogP contribution is 2.38. The van der Waals surface area contributed by atoms with Gasteiger partial charge in [0.15, 0.2) is 0 Å². The number of nitrogens with one attached hydrogen (secondary N) is 1. The molecular formula is C17H34N2. The van der Waals surface area contributed by atoms with E-state index in [0.29, 0.717) is 0 Å². The zero-order chi connectivity index (χ0) is 13.8. The molecule has 2 saturated carbocycles. The fourth-order valence-electron chi connectivity index (χ4n) is 4.14. The molecule has 0 aromatic rings. The van der Waals surface area contributed by atoms with Gasteiger partial charge in [0.1, 0.15) is 0 Å². The highest BCUT2D eigenvalue weighted by Gasteiger charge is 2.35. The van der Waals surface area contributed by atoms with Gasteiger partial charge in [0.2, 0.25) is 0 Å². The summed E-state index contributed by atoms with van der Waals surface area (Å²) in [5, 5.41) is 3.57. The first kappa shape index (κ1) is 15.3. The van der Waals surface area contributed by atoms with Gasteiger partial charge in [0, 0.05) is 19.1 Å². The Bertz CT molecular complexity index is 266. The summed E-state index contributed by atoms with van der Waals surface area (Å²) < 4.78 is 0. The third kappa shape index (κ3) is 4.46. The molecule has 112 valence electrons. The molecule has 5 unspecified atom stereocenters. The summed E-state index contributed by atoms with van der Waals surface area (Å²) in [7, 11) is 4.49. The zero-order valence-electron chi connectivity index (χ0n) is 13.5. The monoisotopic (exact) mass is 266 g/mol. The minimum absolute atomic E-state index is 0.757. The lowest BCUT2D eigenvalue weighted by atomic mass is 9.76. The molecule has 2 fully saturated rings. The van der Waals surface area contributed by atoms with Crippen molar-refractivity contribution in [1.82, 2.24) is 10.2 Å². The normalized spacial score (nSPS) is 38.7. The van der Waals surface area contributed by atoms with Crippen molar-refractivity contribution < 1.29 is 0 Å². The SMILES string of the molecule is CCCC1CCC(NC)C(CN(C)CC2CC2C)C1. The van der Waals surface area contributed by atoms with Crippen LogP contribution in [-0.2, 0) is 0 Å². The molecule has 0 bridgehead atoms. The van der Waals surface area contributed by atoms with E-state index in [9.17, 15) is 0 Å². The summed E-state index contributed by atoms with van der Waals surface area (Å²) in [5.41, 5.74) is 0. The average molecular weight is 266 g/mol. The Balaban J connectivity index is 1.79. The Morgan fingerprint density at radius 3 is 2.37 bits per heavy atom. The highest BCUT2D eigenvalue weighted by molar-refractivity contribution is 4.88. The fraction of sp³-hybridized carbons (Fsp3) is 1.00. The van der Waals surface area contributed by atoms with E-state index >= 15 is 0 Å². The predicted molar refractivity (Wildman–Crippen MR) is 83.4 cm³/mol. The number of rotatable bonds is 7. The molecule has 0 radical (unpaired) electrons. The van der Waals surface area contributed by atoms with Crippen LogP contribution in [0.25, 0.3) is 0 Å².